The molecule has 1 aromatic heterocycles. The molecule has 0 aliphatic carbocycles. The number of anilines is 3. The Morgan fingerprint density at radius 2 is 1.94 bits per heavy atom. The van der Waals surface area contributed by atoms with E-state index in [4.69, 9.17) is 0 Å². The Labute approximate surface area is 113 Å². The molecule has 0 bridgehead atoms. The SMILES string of the molecule is CNc1ncnc(Nc2c(C)cccc2F)c1Br. The predicted molar refractivity (Wildman–Crippen MR) is 73.7 cm³/mol. The van der Waals surface area contributed by atoms with Gasteiger partial charge in [0.25, 0.3) is 0 Å². The number of para-hydroxylation sites is 1. The van der Waals surface area contributed by atoms with Gasteiger partial charge in [0.05, 0.1) is 5.69 Å². The smallest absolute Gasteiger partial charge is 0.150 e. The van der Waals surface area contributed by atoms with E-state index in [0.717, 1.165) is 5.56 Å². The van der Waals surface area contributed by atoms with Crippen LogP contribution in [0.15, 0.2) is 29.0 Å². The Bertz CT molecular complexity index is 554. The van der Waals surface area contributed by atoms with Crippen LogP contribution in [0.25, 0.3) is 0 Å². The summed E-state index contributed by atoms with van der Waals surface area (Å²) in [6.45, 7) is 1.83. The number of hydrogen-bond donors (Lipinski definition) is 2. The van der Waals surface area contributed by atoms with E-state index in [0.29, 0.717) is 21.8 Å². The van der Waals surface area contributed by atoms with Crippen LogP contribution in [-0.4, -0.2) is 17.0 Å². The lowest BCUT2D eigenvalue weighted by Crippen LogP contribution is -2.02. The Hall–Kier alpha value is -1.69. The molecule has 2 N–H and O–H groups in total. The normalized spacial score (nSPS) is 10.2. The first-order valence-corrected chi connectivity index (χ1v) is 6.13. The predicted octanol–water partition coefficient (Wildman–Crippen LogP) is 3.47. The summed E-state index contributed by atoms with van der Waals surface area (Å²) in [6.07, 6.45) is 1.41. The minimum atomic E-state index is -0.313. The molecule has 18 heavy (non-hydrogen) atoms. The zero-order valence-corrected chi connectivity index (χ0v) is 11.5. The molecule has 0 aliphatic heterocycles. The minimum Gasteiger partial charge on any atom is -0.372 e. The van der Waals surface area contributed by atoms with Crippen LogP contribution in [0.2, 0.25) is 0 Å². The highest BCUT2D eigenvalue weighted by Crippen LogP contribution is 2.30. The highest BCUT2D eigenvalue weighted by Gasteiger charge is 2.11. The average molecular weight is 311 g/mol. The molecular formula is C12H12BrFN4. The molecule has 1 heterocycles. The van der Waals surface area contributed by atoms with Crippen LogP contribution < -0.4 is 10.6 Å². The van der Waals surface area contributed by atoms with Crippen molar-refractivity contribution in [1.82, 2.24) is 9.97 Å². The maximum absolute atomic E-state index is 13.7. The van der Waals surface area contributed by atoms with Crippen molar-refractivity contribution in [1.29, 1.82) is 0 Å². The fourth-order valence-electron chi connectivity index (χ4n) is 1.54. The molecule has 0 spiro atoms. The molecule has 0 fully saturated rings. The fourth-order valence-corrected chi connectivity index (χ4v) is 2.04. The highest BCUT2D eigenvalue weighted by atomic mass is 79.9. The van der Waals surface area contributed by atoms with Gasteiger partial charge < -0.3 is 10.6 Å². The summed E-state index contributed by atoms with van der Waals surface area (Å²) in [5.41, 5.74) is 1.23. The lowest BCUT2D eigenvalue weighted by molar-refractivity contribution is 0.630. The van der Waals surface area contributed by atoms with E-state index in [1.807, 2.05) is 13.0 Å². The summed E-state index contributed by atoms with van der Waals surface area (Å²) in [5, 5.41) is 5.89. The molecule has 0 saturated carbocycles. The van der Waals surface area contributed by atoms with Gasteiger partial charge in [0, 0.05) is 7.05 Å². The van der Waals surface area contributed by atoms with Crippen LogP contribution in [0.1, 0.15) is 5.56 Å². The molecule has 0 unspecified atom stereocenters. The van der Waals surface area contributed by atoms with E-state index in [9.17, 15) is 4.39 Å². The van der Waals surface area contributed by atoms with Crippen LogP contribution in [-0.2, 0) is 0 Å². The maximum atomic E-state index is 13.7. The average Bonchev–Trinajstić information content (AvgIpc) is 2.36. The molecular weight excluding hydrogens is 299 g/mol. The standard InChI is InChI=1S/C12H12BrFN4/c1-7-4-3-5-8(14)10(7)18-12-9(13)11(15-2)16-6-17-12/h3-6H,1-2H3,(H2,15,16,17,18). The molecule has 2 aromatic rings. The van der Waals surface area contributed by atoms with E-state index >= 15 is 0 Å². The van der Waals surface area contributed by atoms with Crippen molar-refractivity contribution in [3.8, 4) is 0 Å². The number of rotatable bonds is 3. The van der Waals surface area contributed by atoms with Gasteiger partial charge >= 0.3 is 0 Å². The van der Waals surface area contributed by atoms with Crippen molar-refractivity contribution in [2.75, 3.05) is 17.7 Å². The quantitative estimate of drug-likeness (QED) is 0.911. The third-order valence-corrected chi connectivity index (χ3v) is 3.24. The van der Waals surface area contributed by atoms with Gasteiger partial charge in [-0.3, -0.25) is 0 Å². The van der Waals surface area contributed by atoms with Crippen LogP contribution in [0.5, 0.6) is 0 Å². The number of halogens is 2. The van der Waals surface area contributed by atoms with E-state index in [-0.39, 0.29) is 5.82 Å². The summed E-state index contributed by atoms with van der Waals surface area (Å²) < 4.78 is 14.4. The summed E-state index contributed by atoms with van der Waals surface area (Å²) in [5.74, 6) is 0.843. The van der Waals surface area contributed by atoms with Gasteiger partial charge in [-0.2, -0.15) is 0 Å². The van der Waals surface area contributed by atoms with Crippen LogP contribution in [0, 0.1) is 12.7 Å². The van der Waals surface area contributed by atoms with Crippen molar-refractivity contribution < 1.29 is 4.39 Å². The van der Waals surface area contributed by atoms with Crippen LogP contribution >= 0.6 is 15.9 Å². The first-order valence-electron chi connectivity index (χ1n) is 5.34. The third-order valence-electron chi connectivity index (χ3n) is 2.49. The van der Waals surface area contributed by atoms with Gasteiger partial charge in [-0.25, -0.2) is 14.4 Å². The Kier molecular flexibility index (Phi) is 3.76. The van der Waals surface area contributed by atoms with E-state index < -0.39 is 0 Å². The Balaban J connectivity index is 2.40. The van der Waals surface area contributed by atoms with Crippen molar-refractivity contribution in [3.05, 3.63) is 40.4 Å². The lowest BCUT2D eigenvalue weighted by atomic mass is 10.2. The fraction of sp³-hybridized carbons (Fsp3) is 0.167. The highest BCUT2D eigenvalue weighted by molar-refractivity contribution is 9.10. The van der Waals surface area contributed by atoms with Gasteiger partial charge in [-0.1, -0.05) is 12.1 Å². The number of benzene rings is 1. The molecule has 6 heteroatoms. The first-order chi connectivity index (χ1) is 8.63. The second-order valence-corrected chi connectivity index (χ2v) is 4.48. The molecule has 0 amide bonds. The monoisotopic (exact) mass is 310 g/mol. The van der Waals surface area contributed by atoms with Crippen molar-refractivity contribution >= 4 is 33.3 Å². The van der Waals surface area contributed by atoms with Crippen molar-refractivity contribution in [2.24, 2.45) is 0 Å². The number of nitrogens with zero attached hydrogens (tertiary/aromatic N) is 2. The topological polar surface area (TPSA) is 49.8 Å². The van der Waals surface area contributed by atoms with E-state index in [1.165, 1.54) is 12.4 Å². The van der Waals surface area contributed by atoms with Gasteiger partial charge in [0.15, 0.2) is 0 Å². The summed E-state index contributed by atoms with van der Waals surface area (Å²) in [7, 11) is 1.76. The molecule has 4 nitrogen and oxygen atoms in total. The summed E-state index contributed by atoms with van der Waals surface area (Å²) >= 11 is 3.38. The largest absolute Gasteiger partial charge is 0.372 e. The molecule has 0 saturated heterocycles. The zero-order chi connectivity index (χ0) is 13.1. The van der Waals surface area contributed by atoms with Crippen molar-refractivity contribution in [3.63, 3.8) is 0 Å². The second kappa shape index (κ2) is 5.30. The van der Waals surface area contributed by atoms with Gasteiger partial charge in [0.2, 0.25) is 0 Å². The van der Waals surface area contributed by atoms with Gasteiger partial charge in [-0.15, -0.1) is 0 Å². The Morgan fingerprint density at radius 3 is 2.61 bits per heavy atom. The summed E-state index contributed by atoms with van der Waals surface area (Å²) in [4.78, 5) is 8.13. The third kappa shape index (κ3) is 2.43. The molecule has 0 atom stereocenters. The maximum Gasteiger partial charge on any atom is 0.150 e. The zero-order valence-electron chi connectivity index (χ0n) is 9.96. The van der Waals surface area contributed by atoms with Gasteiger partial charge in [0.1, 0.15) is 28.3 Å². The first kappa shape index (κ1) is 12.8. The van der Waals surface area contributed by atoms with Gasteiger partial charge in [-0.05, 0) is 34.5 Å². The van der Waals surface area contributed by atoms with E-state index in [1.54, 1.807) is 13.1 Å². The number of aromatic nitrogens is 2. The lowest BCUT2D eigenvalue weighted by Gasteiger charge is -2.12. The number of nitrogens with one attached hydrogen (secondary N) is 2. The second-order valence-electron chi connectivity index (χ2n) is 3.69. The number of hydrogen-bond acceptors (Lipinski definition) is 4. The molecule has 94 valence electrons. The molecule has 0 aliphatic rings. The summed E-state index contributed by atoms with van der Waals surface area (Å²) in [6, 6.07) is 4.91. The molecule has 1 aromatic carbocycles. The van der Waals surface area contributed by atoms with Crippen molar-refractivity contribution in [2.45, 2.75) is 6.92 Å². The molecule has 0 radical (unpaired) electrons. The van der Waals surface area contributed by atoms with E-state index in [2.05, 4.69) is 36.5 Å². The van der Waals surface area contributed by atoms with Crippen LogP contribution in [0.4, 0.5) is 21.7 Å². The number of aryl methyl sites for hydroxylation is 1. The molecule has 2 rings (SSSR count). The minimum absolute atomic E-state index is 0.313. The van der Waals surface area contributed by atoms with Crippen LogP contribution in [0.3, 0.4) is 0 Å². The Morgan fingerprint density at radius 1 is 1.22 bits per heavy atom.